The Kier molecular flexibility index (Phi) is 2.38. The lowest BCUT2D eigenvalue weighted by Gasteiger charge is -2.16. The standard InChI is InChI=1S/C11H14O4S/c1-11(2)7-8-6-9(15-16(3,12)13)4-5-10(8)14-11/h4-6H,7H2,1-3H3. The zero-order valence-electron chi connectivity index (χ0n) is 9.48. The Morgan fingerprint density at radius 2 is 2.06 bits per heavy atom. The van der Waals surface area contributed by atoms with Crippen LogP contribution in [0.5, 0.6) is 11.5 Å². The number of ether oxygens (including phenoxy) is 1. The molecule has 5 heteroatoms. The number of fused-ring (bicyclic) bond motifs is 1. The molecule has 0 fully saturated rings. The van der Waals surface area contributed by atoms with E-state index in [1.807, 2.05) is 13.8 Å². The minimum absolute atomic E-state index is 0.230. The molecule has 0 saturated heterocycles. The van der Waals surface area contributed by atoms with Crippen LogP contribution in [0, 0.1) is 0 Å². The summed E-state index contributed by atoms with van der Waals surface area (Å²) in [5, 5.41) is 0. The van der Waals surface area contributed by atoms with Crippen molar-refractivity contribution < 1.29 is 17.3 Å². The maximum absolute atomic E-state index is 11.0. The summed E-state index contributed by atoms with van der Waals surface area (Å²) in [7, 11) is -3.46. The van der Waals surface area contributed by atoms with Gasteiger partial charge in [-0.05, 0) is 32.0 Å². The van der Waals surface area contributed by atoms with E-state index in [4.69, 9.17) is 8.92 Å². The van der Waals surface area contributed by atoms with Crippen LogP contribution in [0.1, 0.15) is 19.4 Å². The van der Waals surface area contributed by atoms with E-state index in [1.165, 1.54) is 0 Å². The minimum Gasteiger partial charge on any atom is -0.487 e. The van der Waals surface area contributed by atoms with Crippen LogP contribution in [0.25, 0.3) is 0 Å². The lowest BCUT2D eigenvalue weighted by atomic mass is 10.0. The van der Waals surface area contributed by atoms with Gasteiger partial charge >= 0.3 is 10.1 Å². The van der Waals surface area contributed by atoms with Crippen molar-refractivity contribution in [2.45, 2.75) is 25.9 Å². The van der Waals surface area contributed by atoms with E-state index in [-0.39, 0.29) is 5.60 Å². The first-order chi connectivity index (χ1) is 7.25. The molecule has 1 heterocycles. The molecule has 0 saturated carbocycles. The highest BCUT2D eigenvalue weighted by molar-refractivity contribution is 7.86. The summed E-state index contributed by atoms with van der Waals surface area (Å²) in [5.41, 5.74) is 0.748. The summed E-state index contributed by atoms with van der Waals surface area (Å²) in [6, 6.07) is 5.05. The molecular formula is C11H14O4S. The maximum Gasteiger partial charge on any atom is 0.306 e. The first-order valence-corrected chi connectivity index (χ1v) is 6.78. The van der Waals surface area contributed by atoms with Gasteiger partial charge in [0.25, 0.3) is 0 Å². The molecule has 1 aromatic carbocycles. The fourth-order valence-electron chi connectivity index (χ4n) is 1.81. The van der Waals surface area contributed by atoms with E-state index >= 15 is 0 Å². The van der Waals surface area contributed by atoms with Gasteiger partial charge in [-0.3, -0.25) is 0 Å². The molecule has 2 rings (SSSR count). The van der Waals surface area contributed by atoms with E-state index in [1.54, 1.807) is 18.2 Å². The second-order valence-electron chi connectivity index (χ2n) is 4.60. The normalized spacial score (nSPS) is 17.7. The van der Waals surface area contributed by atoms with Crippen LogP contribution in [0.3, 0.4) is 0 Å². The van der Waals surface area contributed by atoms with Gasteiger partial charge in [0.1, 0.15) is 17.1 Å². The second-order valence-corrected chi connectivity index (χ2v) is 6.17. The number of benzene rings is 1. The van der Waals surface area contributed by atoms with E-state index in [2.05, 4.69) is 0 Å². The zero-order chi connectivity index (χ0) is 12.0. The van der Waals surface area contributed by atoms with E-state index in [9.17, 15) is 8.42 Å². The molecule has 4 nitrogen and oxygen atoms in total. The summed E-state index contributed by atoms with van der Waals surface area (Å²) < 4.78 is 32.4. The van der Waals surface area contributed by atoms with Crippen LogP contribution >= 0.6 is 0 Å². The second kappa shape index (κ2) is 3.38. The fourth-order valence-corrected chi connectivity index (χ4v) is 2.27. The van der Waals surface area contributed by atoms with E-state index < -0.39 is 10.1 Å². The summed E-state index contributed by atoms with van der Waals surface area (Å²) in [6.07, 6.45) is 1.78. The average Bonchev–Trinajstić information content (AvgIpc) is 2.34. The Morgan fingerprint density at radius 1 is 1.38 bits per heavy atom. The molecule has 1 aliphatic heterocycles. The van der Waals surface area contributed by atoms with Crippen molar-refractivity contribution in [3.8, 4) is 11.5 Å². The Labute approximate surface area is 95.3 Å². The summed E-state index contributed by atoms with van der Waals surface area (Å²) in [4.78, 5) is 0. The molecule has 88 valence electrons. The molecule has 1 aliphatic rings. The van der Waals surface area contributed by atoms with Gasteiger partial charge in [-0.1, -0.05) is 0 Å². The van der Waals surface area contributed by atoms with Crippen molar-refractivity contribution >= 4 is 10.1 Å². The SMILES string of the molecule is CC1(C)Cc2cc(OS(C)(=O)=O)ccc2O1. The van der Waals surface area contributed by atoms with Crippen molar-refractivity contribution in [1.82, 2.24) is 0 Å². The lowest BCUT2D eigenvalue weighted by Crippen LogP contribution is -2.24. The lowest BCUT2D eigenvalue weighted by molar-refractivity contribution is 0.138. The summed E-state index contributed by atoms with van der Waals surface area (Å²) in [6.45, 7) is 3.98. The highest BCUT2D eigenvalue weighted by atomic mass is 32.2. The van der Waals surface area contributed by atoms with Gasteiger partial charge in [0.05, 0.1) is 6.26 Å². The van der Waals surface area contributed by atoms with Gasteiger partial charge < -0.3 is 8.92 Å². The maximum atomic E-state index is 11.0. The van der Waals surface area contributed by atoms with Crippen LogP contribution in [0.2, 0.25) is 0 Å². The molecule has 16 heavy (non-hydrogen) atoms. The molecule has 0 atom stereocenters. The molecule has 0 spiro atoms. The van der Waals surface area contributed by atoms with Crippen LogP contribution in [-0.2, 0) is 16.5 Å². The van der Waals surface area contributed by atoms with Crippen molar-refractivity contribution in [3.63, 3.8) is 0 Å². The van der Waals surface area contributed by atoms with Gasteiger partial charge in [-0.2, -0.15) is 8.42 Å². The third-order valence-corrected chi connectivity index (χ3v) is 2.78. The van der Waals surface area contributed by atoms with Crippen LogP contribution in [-0.4, -0.2) is 20.3 Å². The molecule has 0 aromatic heterocycles. The van der Waals surface area contributed by atoms with Gasteiger partial charge in [-0.25, -0.2) is 0 Å². The minimum atomic E-state index is -3.46. The number of rotatable bonds is 2. The molecule has 0 N–H and O–H groups in total. The Morgan fingerprint density at radius 3 is 2.69 bits per heavy atom. The van der Waals surface area contributed by atoms with Gasteiger partial charge in [0.15, 0.2) is 0 Å². The highest BCUT2D eigenvalue weighted by Crippen LogP contribution is 2.36. The predicted molar refractivity (Wildman–Crippen MR) is 60.3 cm³/mol. The summed E-state index contributed by atoms with van der Waals surface area (Å²) in [5.74, 6) is 1.13. The fraction of sp³-hybridized carbons (Fsp3) is 0.455. The first-order valence-electron chi connectivity index (χ1n) is 4.97. The van der Waals surface area contributed by atoms with Crippen LogP contribution < -0.4 is 8.92 Å². The van der Waals surface area contributed by atoms with Crippen LogP contribution in [0.4, 0.5) is 0 Å². The van der Waals surface area contributed by atoms with E-state index in [0.717, 1.165) is 24.0 Å². The van der Waals surface area contributed by atoms with Crippen molar-refractivity contribution in [3.05, 3.63) is 23.8 Å². The molecule has 1 aromatic rings. The third-order valence-electron chi connectivity index (χ3n) is 2.28. The van der Waals surface area contributed by atoms with Crippen molar-refractivity contribution in [1.29, 1.82) is 0 Å². The quantitative estimate of drug-likeness (QED) is 0.741. The average molecular weight is 242 g/mol. The van der Waals surface area contributed by atoms with Crippen LogP contribution in [0.15, 0.2) is 18.2 Å². The third kappa shape index (κ3) is 2.47. The smallest absolute Gasteiger partial charge is 0.306 e. The predicted octanol–water partition coefficient (Wildman–Crippen LogP) is 1.74. The highest BCUT2D eigenvalue weighted by Gasteiger charge is 2.30. The molecule has 0 aliphatic carbocycles. The van der Waals surface area contributed by atoms with Gasteiger partial charge in [-0.15, -0.1) is 0 Å². The molecule has 0 amide bonds. The monoisotopic (exact) mass is 242 g/mol. The van der Waals surface area contributed by atoms with E-state index in [0.29, 0.717) is 5.75 Å². The Bertz CT molecular complexity index is 517. The molecule has 0 radical (unpaired) electrons. The van der Waals surface area contributed by atoms with Gasteiger partial charge in [0, 0.05) is 12.0 Å². The Balaban J connectivity index is 2.30. The number of hydrogen-bond acceptors (Lipinski definition) is 4. The number of hydrogen-bond donors (Lipinski definition) is 0. The molecular weight excluding hydrogens is 228 g/mol. The van der Waals surface area contributed by atoms with Crippen molar-refractivity contribution in [2.75, 3.05) is 6.26 Å². The summed E-state index contributed by atoms with van der Waals surface area (Å²) >= 11 is 0. The van der Waals surface area contributed by atoms with Gasteiger partial charge in [0.2, 0.25) is 0 Å². The molecule has 0 bridgehead atoms. The first kappa shape index (κ1) is 11.3. The Hall–Kier alpha value is -1.23. The van der Waals surface area contributed by atoms with Crippen molar-refractivity contribution in [2.24, 2.45) is 0 Å². The largest absolute Gasteiger partial charge is 0.487 e. The molecule has 0 unspecified atom stereocenters. The zero-order valence-corrected chi connectivity index (χ0v) is 10.3. The topological polar surface area (TPSA) is 52.6 Å².